The molecular formula is C12H16N2OS. The molecule has 0 aromatic carbocycles. The molecule has 86 valence electrons. The summed E-state index contributed by atoms with van der Waals surface area (Å²) in [5.74, 6) is 6.91. The number of aromatic nitrogens is 2. The van der Waals surface area contributed by atoms with E-state index in [1.165, 1.54) is 6.42 Å². The van der Waals surface area contributed by atoms with Gasteiger partial charge in [-0.25, -0.2) is 4.68 Å². The molecule has 4 heteroatoms. The van der Waals surface area contributed by atoms with Crippen LogP contribution in [0.25, 0.3) is 0 Å². The average molecular weight is 236 g/mol. The van der Waals surface area contributed by atoms with Gasteiger partial charge in [-0.15, -0.1) is 0 Å². The zero-order valence-corrected chi connectivity index (χ0v) is 10.1. The van der Waals surface area contributed by atoms with E-state index in [2.05, 4.69) is 29.6 Å². The van der Waals surface area contributed by atoms with Crippen LogP contribution in [0.15, 0.2) is 12.4 Å². The Bertz CT molecular complexity index is 385. The second-order valence-electron chi connectivity index (χ2n) is 3.81. The second-order valence-corrected chi connectivity index (χ2v) is 4.25. The Morgan fingerprint density at radius 1 is 1.56 bits per heavy atom. The molecule has 0 radical (unpaired) electrons. The highest BCUT2D eigenvalue weighted by molar-refractivity contribution is 7.80. The monoisotopic (exact) mass is 236 g/mol. The van der Waals surface area contributed by atoms with Gasteiger partial charge >= 0.3 is 0 Å². The summed E-state index contributed by atoms with van der Waals surface area (Å²) in [6.45, 7) is 0.838. The van der Waals surface area contributed by atoms with Crippen molar-refractivity contribution < 1.29 is 4.74 Å². The molecule has 0 N–H and O–H groups in total. The summed E-state index contributed by atoms with van der Waals surface area (Å²) >= 11 is 4.11. The molecule has 1 aliphatic rings. The fraction of sp³-hybridized carbons (Fsp3) is 0.583. The number of rotatable bonds is 2. The third kappa shape index (κ3) is 3.03. The molecule has 0 bridgehead atoms. The molecule has 0 saturated carbocycles. The minimum atomic E-state index is 0.106. The molecule has 1 atom stereocenters. The lowest BCUT2D eigenvalue weighted by Crippen LogP contribution is -2.18. The third-order valence-electron chi connectivity index (χ3n) is 2.52. The quantitative estimate of drug-likeness (QED) is 0.630. The van der Waals surface area contributed by atoms with Crippen molar-refractivity contribution >= 4 is 12.6 Å². The largest absolute Gasteiger partial charge is 0.357 e. The Hall–Kier alpha value is -0.920. The van der Waals surface area contributed by atoms with Crippen LogP contribution in [0, 0.1) is 11.8 Å². The standard InChI is InChI=1S/C12H16N2OS/c16-8-4-2-5-11-9-13-14(10-11)12-6-1-3-7-15-12/h9-10,12,16H,1,3-4,6-8H2/t12-/m0/s1. The molecule has 2 rings (SSSR count). The van der Waals surface area contributed by atoms with Crippen molar-refractivity contribution in [1.82, 2.24) is 9.78 Å². The van der Waals surface area contributed by atoms with Gasteiger partial charge in [0.1, 0.15) is 6.23 Å². The second kappa shape index (κ2) is 5.97. The highest BCUT2D eigenvalue weighted by atomic mass is 32.1. The maximum atomic E-state index is 5.64. The first-order valence-electron chi connectivity index (χ1n) is 5.65. The van der Waals surface area contributed by atoms with Gasteiger partial charge in [0.25, 0.3) is 0 Å². The summed E-state index contributed by atoms with van der Waals surface area (Å²) in [6.07, 6.45) is 8.09. The van der Waals surface area contributed by atoms with E-state index in [-0.39, 0.29) is 6.23 Å². The first kappa shape index (κ1) is 11.6. The molecule has 1 saturated heterocycles. The minimum absolute atomic E-state index is 0.106. The highest BCUT2D eigenvalue weighted by Crippen LogP contribution is 2.21. The van der Waals surface area contributed by atoms with Crippen molar-refractivity contribution in [2.24, 2.45) is 0 Å². The Balaban J connectivity index is 1.99. The van der Waals surface area contributed by atoms with E-state index in [1.807, 2.05) is 10.9 Å². The minimum Gasteiger partial charge on any atom is -0.357 e. The molecule has 0 unspecified atom stereocenters. The van der Waals surface area contributed by atoms with Gasteiger partial charge in [0.05, 0.1) is 11.8 Å². The Morgan fingerprint density at radius 2 is 2.50 bits per heavy atom. The third-order valence-corrected chi connectivity index (χ3v) is 2.75. The van der Waals surface area contributed by atoms with Gasteiger partial charge in [-0.05, 0) is 19.3 Å². The van der Waals surface area contributed by atoms with Crippen LogP contribution in [0.2, 0.25) is 0 Å². The summed E-state index contributed by atoms with van der Waals surface area (Å²) in [6, 6.07) is 0. The molecule has 16 heavy (non-hydrogen) atoms. The van der Waals surface area contributed by atoms with Crippen molar-refractivity contribution in [2.75, 3.05) is 12.4 Å². The van der Waals surface area contributed by atoms with Gasteiger partial charge in [0.2, 0.25) is 0 Å². The van der Waals surface area contributed by atoms with Crippen molar-refractivity contribution in [2.45, 2.75) is 31.9 Å². The number of hydrogen-bond acceptors (Lipinski definition) is 3. The Kier molecular flexibility index (Phi) is 4.32. The molecular weight excluding hydrogens is 220 g/mol. The van der Waals surface area contributed by atoms with Crippen LogP contribution in [0.5, 0.6) is 0 Å². The van der Waals surface area contributed by atoms with E-state index in [9.17, 15) is 0 Å². The molecule has 0 amide bonds. The average Bonchev–Trinajstić information content (AvgIpc) is 2.79. The number of nitrogens with zero attached hydrogens (tertiary/aromatic N) is 2. The van der Waals surface area contributed by atoms with E-state index in [1.54, 1.807) is 6.20 Å². The van der Waals surface area contributed by atoms with E-state index in [0.717, 1.165) is 37.2 Å². The molecule has 1 aliphatic heterocycles. The molecule has 3 nitrogen and oxygen atoms in total. The van der Waals surface area contributed by atoms with Crippen LogP contribution < -0.4 is 0 Å². The Morgan fingerprint density at radius 3 is 3.25 bits per heavy atom. The van der Waals surface area contributed by atoms with E-state index >= 15 is 0 Å². The fourth-order valence-electron chi connectivity index (χ4n) is 1.71. The normalized spacial score (nSPS) is 20.2. The summed E-state index contributed by atoms with van der Waals surface area (Å²) in [7, 11) is 0. The predicted molar refractivity (Wildman–Crippen MR) is 66.4 cm³/mol. The van der Waals surface area contributed by atoms with Crippen molar-refractivity contribution in [3.05, 3.63) is 18.0 Å². The van der Waals surface area contributed by atoms with Crippen LogP contribution in [0.3, 0.4) is 0 Å². The maximum absolute atomic E-state index is 5.64. The van der Waals surface area contributed by atoms with Crippen molar-refractivity contribution in [3.8, 4) is 11.8 Å². The van der Waals surface area contributed by atoms with Crippen molar-refractivity contribution in [3.63, 3.8) is 0 Å². The van der Waals surface area contributed by atoms with Crippen LogP contribution >= 0.6 is 12.6 Å². The summed E-state index contributed by atoms with van der Waals surface area (Å²) < 4.78 is 7.52. The number of ether oxygens (including phenoxy) is 1. The number of hydrogen-bond donors (Lipinski definition) is 1. The molecule has 1 fully saturated rings. The van der Waals surface area contributed by atoms with Crippen molar-refractivity contribution in [1.29, 1.82) is 0 Å². The predicted octanol–water partition coefficient (Wildman–Crippen LogP) is 2.25. The maximum Gasteiger partial charge on any atom is 0.150 e. The first-order chi connectivity index (χ1) is 7.90. The van der Waals surface area contributed by atoms with Crippen LogP contribution in [0.1, 0.15) is 37.5 Å². The van der Waals surface area contributed by atoms with Crippen LogP contribution in [0.4, 0.5) is 0 Å². The van der Waals surface area contributed by atoms with E-state index in [4.69, 9.17) is 4.74 Å². The first-order valence-corrected chi connectivity index (χ1v) is 6.29. The molecule has 0 spiro atoms. The van der Waals surface area contributed by atoms with Gasteiger partial charge in [-0.3, -0.25) is 0 Å². The lowest BCUT2D eigenvalue weighted by atomic mass is 10.2. The van der Waals surface area contributed by atoms with E-state index in [0.29, 0.717) is 0 Å². The summed E-state index contributed by atoms with van der Waals surface area (Å²) in [5, 5.41) is 4.29. The van der Waals surface area contributed by atoms with Crippen LogP contribution in [-0.4, -0.2) is 22.1 Å². The molecule has 1 aromatic heterocycles. The topological polar surface area (TPSA) is 27.1 Å². The zero-order valence-electron chi connectivity index (χ0n) is 9.22. The summed E-state index contributed by atoms with van der Waals surface area (Å²) in [4.78, 5) is 0. The smallest absolute Gasteiger partial charge is 0.150 e. The van der Waals surface area contributed by atoms with Gasteiger partial charge in [-0.1, -0.05) is 11.8 Å². The summed E-state index contributed by atoms with van der Waals surface area (Å²) in [5.41, 5.74) is 0.955. The lowest BCUT2D eigenvalue weighted by Gasteiger charge is -2.22. The van der Waals surface area contributed by atoms with Gasteiger partial charge in [0, 0.05) is 25.0 Å². The fourth-order valence-corrected chi connectivity index (χ4v) is 1.82. The van der Waals surface area contributed by atoms with Crippen LogP contribution in [-0.2, 0) is 4.74 Å². The lowest BCUT2D eigenvalue weighted by molar-refractivity contribution is -0.0395. The molecule has 1 aromatic rings. The number of thiol groups is 1. The van der Waals surface area contributed by atoms with Gasteiger partial charge in [0.15, 0.2) is 0 Å². The highest BCUT2D eigenvalue weighted by Gasteiger charge is 2.15. The zero-order chi connectivity index (χ0) is 11.2. The Labute approximate surface area is 102 Å². The molecule has 2 heterocycles. The SMILES string of the molecule is SCCC#Cc1cnn([C@@H]2CCCCO2)c1. The van der Waals surface area contributed by atoms with Gasteiger partial charge < -0.3 is 4.74 Å². The van der Waals surface area contributed by atoms with Gasteiger partial charge in [-0.2, -0.15) is 17.7 Å². The molecule has 0 aliphatic carbocycles. The van der Waals surface area contributed by atoms with E-state index < -0.39 is 0 Å².